The summed E-state index contributed by atoms with van der Waals surface area (Å²) in [6.45, 7) is 9.15. The van der Waals surface area contributed by atoms with Crippen molar-refractivity contribution in [1.29, 1.82) is 0 Å². The Morgan fingerprint density at radius 3 is 1.32 bits per heavy atom. The standard InChI is InChI=1S/C52H90N10O15/c1-9-12-14-16-18-20-23-33(53)45(70)60-39(29-63)50(75)57-36(25-31(4)5)47(72)61-40(30-64)52(77)62(8)41(26-32(6)7)51(76)59-38(28-43(67)68)49(74)56-35(24-21-19-17-15-13-10-2)46(71)58-37(27-42(65)66)48(73)55-34(22-11-3)44(54)69/h3,31-41,63-64H,9-10,12-30,53H2,1-2,4-8H3,(H2,54,69)(H,55,73)(H,56,74)(H,57,75)(H,58,71)(H,59,76)(H,60,70)(H,61,72)(H,65,66)(H,67,68)/t33-,34-,35-,36-,37-,38-,39-,40-,41-/m0/s1. The normalized spacial score (nSPS) is 14.6. The maximum atomic E-state index is 14.2. The van der Waals surface area contributed by atoms with Gasteiger partial charge in [-0.3, -0.25) is 52.7 Å². The molecule has 0 aliphatic carbocycles. The summed E-state index contributed by atoms with van der Waals surface area (Å²) in [5.74, 6) is -10.5. The molecule has 0 aromatic carbocycles. The fourth-order valence-corrected chi connectivity index (χ4v) is 8.06. The molecular weight excluding hydrogens is 1000 g/mol. The van der Waals surface area contributed by atoms with Crippen LogP contribution in [0.3, 0.4) is 0 Å². The van der Waals surface area contributed by atoms with Gasteiger partial charge in [0.15, 0.2) is 0 Å². The molecule has 9 amide bonds. The van der Waals surface area contributed by atoms with Crippen LogP contribution in [0.2, 0.25) is 0 Å². The van der Waals surface area contributed by atoms with Gasteiger partial charge in [-0.05, 0) is 37.5 Å². The van der Waals surface area contributed by atoms with Crippen LogP contribution in [0.4, 0.5) is 0 Å². The van der Waals surface area contributed by atoms with Gasteiger partial charge in [-0.2, -0.15) is 0 Å². The number of aliphatic hydroxyl groups excluding tert-OH is 2. The average molecular weight is 1100 g/mol. The van der Waals surface area contributed by atoms with Crippen LogP contribution in [0.25, 0.3) is 0 Å². The van der Waals surface area contributed by atoms with Crippen molar-refractivity contribution < 1.29 is 73.2 Å². The number of terminal acetylenes is 1. The van der Waals surface area contributed by atoms with E-state index in [0.717, 1.165) is 62.7 Å². The zero-order valence-electron chi connectivity index (χ0n) is 46.2. The van der Waals surface area contributed by atoms with E-state index in [-0.39, 0.29) is 37.5 Å². The number of aliphatic carboxylic acids is 2. The molecule has 0 heterocycles. The Bertz CT molecular complexity index is 1960. The smallest absolute Gasteiger partial charge is 0.305 e. The number of carbonyl (C=O) groups excluding carboxylic acids is 9. The van der Waals surface area contributed by atoms with E-state index in [0.29, 0.717) is 25.7 Å². The number of carboxylic acid groups (broad SMARTS) is 2. The minimum Gasteiger partial charge on any atom is -0.481 e. The number of amides is 9. The molecule has 0 aromatic rings. The largest absolute Gasteiger partial charge is 0.481 e. The van der Waals surface area contributed by atoms with Gasteiger partial charge in [-0.25, -0.2) is 0 Å². The van der Waals surface area contributed by atoms with Crippen molar-refractivity contribution in [3.05, 3.63) is 0 Å². The number of aliphatic hydroxyl groups is 2. The number of nitrogens with two attached hydrogens (primary N) is 2. The summed E-state index contributed by atoms with van der Waals surface area (Å²) in [5.41, 5.74) is 11.4. The minimum absolute atomic E-state index is 0.000936. The van der Waals surface area contributed by atoms with Crippen LogP contribution < -0.4 is 48.7 Å². The number of primary amides is 1. The Morgan fingerprint density at radius 2 is 0.870 bits per heavy atom. The lowest BCUT2D eigenvalue weighted by Crippen LogP contribution is -2.61. The molecule has 0 saturated heterocycles. The average Bonchev–Trinajstić information content (AvgIpc) is 3.35. The number of hydrogen-bond donors (Lipinski definition) is 13. The number of carbonyl (C=O) groups is 11. The predicted octanol–water partition coefficient (Wildman–Crippen LogP) is -0.430. The fraction of sp³-hybridized carbons (Fsp3) is 0.750. The van der Waals surface area contributed by atoms with Gasteiger partial charge in [0, 0.05) is 13.5 Å². The van der Waals surface area contributed by atoms with Crippen molar-refractivity contribution in [1.82, 2.24) is 42.1 Å². The van der Waals surface area contributed by atoms with E-state index in [4.69, 9.17) is 17.9 Å². The van der Waals surface area contributed by atoms with Gasteiger partial charge in [0.25, 0.3) is 0 Å². The quantitative estimate of drug-likeness (QED) is 0.0272. The summed E-state index contributed by atoms with van der Waals surface area (Å²) in [4.78, 5) is 146. The third kappa shape index (κ3) is 29.1. The van der Waals surface area contributed by atoms with E-state index >= 15 is 0 Å². The maximum absolute atomic E-state index is 14.2. The molecule has 0 aliphatic rings. The topological polar surface area (TPSA) is 408 Å². The molecule has 0 aromatic heterocycles. The molecule has 9 atom stereocenters. The van der Waals surface area contributed by atoms with E-state index in [1.807, 2.05) is 6.92 Å². The van der Waals surface area contributed by atoms with Crippen LogP contribution in [0.15, 0.2) is 0 Å². The molecule has 77 heavy (non-hydrogen) atoms. The van der Waals surface area contributed by atoms with Crippen molar-refractivity contribution in [2.45, 2.75) is 218 Å². The van der Waals surface area contributed by atoms with Crippen LogP contribution in [0, 0.1) is 24.2 Å². The first-order valence-corrected chi connectivity index (χ1v) is 26.8. The summed E-state index contributed by atoms with van der Waals surface area (Å²) in [7, 11) is 1.18. The van der Waals surface area contributed by atoms with E-state index in [1.54, 1.807) is 27.7 Å². The third-order valence-electron chi connectivity index (χ3n) is 12.5. The zero-order valence-corrected chi connectivity index (χ0v) is 46.2. The van der Waals surface area contributed by atoms with Crippen molar-refractivity contribution >= 4 is 65.1 Å². The number of likely N-dealkylation sites (N-methyl/N-ethyl adjacent to an activating group) is 1. The summed E-state index contributed by atoms with van der Waals surface area (Å²) in [6.07, 6.45) is 13.3. The highest BCUT2D eigenvalue weighted by molar-refractivity contribution is 5.99. The minimum atomic E-state index is -1.89. The summed E-state index contributed by atoms with van der Waals surface area (Å²) >= 11 is 0. The highest BCUT2D eigenvalue weighted by Gasteiger charge is 2.38. The van der Waals surface area contributed by atoms with Crippen LogP contribution in [-0.2, 0) is 52.7 Å². The molecule has 0 saturated carbocycles. The van der Waals surface area contributed by atoms with Gasteiger partial charge in [-0.1, -0.05) is 119 Å². The first-order valence-electron chi connectivity index (χ1n) is 26.8. The Labute approximate surface area is 453 Å². The number of nitrogens with zero attached hydrogens (tertiary/aromatic N) is 1. The molecule has 0 unspecified atom stereocenters. The Hall–Kier alpha value is -6.39. The number of nitrogens with one attached hydrogen (secondary N) is 7. The first-order chi connectivity index (χ1) is 36.3. The molecule has 25 heteroatoms. The molecule has 25 nitrogen and oxygen atoms in total. The van der Waals surface area contributed by atoms with E-state index < -0.39 is 146 Å². The zero-order chi connectivity index (χ0) is 58.8. The second-order valence-electron chi connectivity index (χ2n) is 20.2. The third-order valence-corrected chi connectivity index (χ3v) is 12.5. The van der Waals surface area contributed by atoms with Crippen molar-refractivity contribution in [3.63, 3.8) is 0 Å². The molecule has 0 radical (unpaired) electrons. The van der Waals surface area contributed by atoms with Gasteiger partial charge in [0.1, 0.15) is 48.3 Å². The second kappa shape index (κ2) is 39.0. The Kier molecular flexibility index (Phi) is 35.8. The highest BCUT2D eigenvalue weighted by Crippen LogP contribution is 2.16. The number of rotatable bonds is 42. The molecule has 0 fully saturated rings. The molecule has 0 rings (SSSR count). The lowest BCUT2D eigenvalue weighted by atomic mass is 9.99. The van der Waals surface area contributed by atoms with Crippen molar-refractivity contribution in [2.24, 2.45) is 23.3 Å². The van der Waals surface area contributed by atoms with Crippen molar-refractivity contribution in [2.75, 3.05) is 20.3 Å². The van der Waals surface area contributed by atoms with Gasteiger partial charge >= 0.3 is 11.9 Å². The lowest BCUT2D eigenvalue weighted by Gasteiger charge is -2.33. The molecule has 438 valence electrons. The number of carboxylic acids is 2. The van der Waals surface area contributed by atoms with E-state index in [2.05, 4.69) is 50.1 Å². The van der Waals surface area contributed by atoms with E-state index in [9.17, 15) is 73.2 Å². The number of hydrogen-bond acceptors (Lipinski definition) is 14. The molecule has 15 N–H and O–H groups in total. The molecule has 0 aliphatic heterocycles. The fourth-order valence-electron chi connectivity index (χ4n) is 8.06. The van der Waals surface area contributed by atoms with Gasteiger partial charge in [-0.15, -0.1) is 12.3 Å². The number of unbranched alkanes of at least 4 members (excludes halogenated alkanes) is 10. The van der Waals surface area contributed by atoms with Gasteiger partial charge < -0.3 is 74.0 Å². The van der Waals surface area contributed by atoms with Crippen LogP contribution >= 0.6 is 0 Å². The lowest BCUT2D eigenvalue weighted by molar-refractivity contribution is -0.145. The second-order valence-corrected chi connectivity index (χ2v) is 20.2. The van der Waals surface area contributed by atoms with Crippen LogP contribution in [0.5, 0.6) is 0 Å². The Morgan fingerprint density at radius 1 is 0.494 bits per heavy atom. The molecular formula is C52H90N10O15. The Balaban J connectivity index is 6.58. The monoisotopic (exact) mass is 1090 g/mol. The molecule has 0 bridgehead atoms. The molecule has 0 spiro atoms. The highest BCUT2D eigenvalue weighted by atomic mass is 16.4. The van der Waals surface area contributed by atoms with Gasteiger partial charge in [0.2, 0.25) is 53.2 Å². The summed E-state index contributed by atoms with van der Waals surface area (Å²) in [6, 6.07) is -13.6. The van der Waals surface area contributed by atoms with Crippen LogP contribution in [0.1, 0.15) is 164 Å². The summed E-state index contributed by atoms with van der Waals surface area (Å²) in [5, 5.41) is 56.5. The maximum Gasteiger partial charge on any atom is 0.305 e. The van der Waals surface area contributed by atoms with E-state index in [1.165, 1.54) is 7.05 Å². The van der Waals surface area contributed by atoms with Crippen molar-refractivity contribution in [3.8, 4) is 12.3 Å². The summed E-state index contributed by atoms with van der Waals surface area (Å²) < 4.78 is 0. The van der Waals surface area contributed by atoms with Gasteiger partial charge in [0.05, 0.1) is 32.1 Å². The predicted molar refractivity (Wildman–Crippen MR) is 284 cm³/mol. The first kappa shape index (κ1) is 70.6. The SMILES string of the molecule is C#CC[C@H](NC(=O)[C@H](CC(=O)O)NC(=O)[C@H](CCCCCCCC)NC(=O)[C@H](CC(=O)O)NC(=O)[C@H](CC(C)C)N(C)C(=O)[C@H](CO)NC(=O)[C@H](CC(C)C)NC(=O)[C@H](CO)NC(=O)[C@@H](N)CCCCCCCC)C(N)=O. The van der Waals surface area contributed by atoms with Crippen LogP contribution in [-0.4, -0.2) is 165 Å².